The molecule has 0 spiro atoms. The number of rotatable bonds is 7. The first-order chi connectivity index (χ1) is 13.6. The standard InChI is InChI=1S/C19H20N4O4S/c1-24-14-7-5-12(6-8-14)18-21-22-19(28)23(18)20-11-13-9-16(26-3)17(27-4)10-15(13)25-2/h5-11H,1-4H3,(H,22,28)/b20-11-. The molecule has 0 aliphatic heterocycles. The molecular formula is C19H20N4O4S. The van der Waals surface area contributed by atoms with Crippen molar-refractivity contribution in [3.05, 3.63) is 46.7 Å². The van der Waals surface area contributed by atoms with Crippen molar-refractivity contribution in [2.75, 3.05) is 28.4 Å². The second-order valence-corrected chi connectivity index (χ2v) is 5.97. The number of nitrogens with zero attached hydrogens (tertiary/aromatic N) is 3. The third kappa shape index (κ3) is 3.84. The van der Waals surface area contributed by atoms with Crippen molar-refractivity contribution >= 4 is 18.4 Å². The van der Waals surface area contributed by atoms with E-state index >= 15 is 0 Å². The lowest BCUT2D eigenvalue weighted by Gasteiger charge is -2.11. The predicted octanol–water partition coefficient (Wildman–Crippen LogP) is 3.52. The van der Waals surface area contributed by atoms with Gasteiger partial charge in [0.05, 0.1) is 34.7 Å². The van der Waals surface area contributed by atoms with Crippen molar-refractivity contribution in [2.45, 2.75) is 0 Å². The molecule has 2 aromatic carbocycles. The fraction of sp³-hybridized carbons (Fsp3) is 0.211. The van der Waals surface area contributed by atoms with E-state index in [9.17, 15) is 0 Å². The molecule has 0 aliphatic carbocycles. The minimum atomic E-state index is 0.363. The van der Waals surface area contributed by atoms with Crippen LogP contribution in [0.15, 0.2) is 41.5 Å². The summed E-state index contributed by atoms with van der Waals surface area (Å²) in [6, 6.07) is 11.0. The van der Waals surface area contributed by atoms with E-state index in [2.05, 4.69) is 15.3 Å². The highest BCUT2D eigenvalue weighted by Gasteiger charge is 2.12. The Kier molecular flexibility index (Phi) is 5.95. The summed E-state index contributed by atoms with van der Waals surface area (Å²) < 4.78 is 23.2. The van der Waals surface area contributed by atoms with Gasteiger partial charge in [-0.3, -0.25) is 0 Å². The molecule has 8 nitrogen and oxygen atoms in total. The van der Waals surface area contributed by atoms with Crippen LogP contribution >= 0.6 is 12.2 Å². The maximum Gasteiger partial charge on any atom is 0.216 e. The summed E-state index contributed by atoms with van der Waals surface area (Å²) in [5.41, 5.74) is 1.54. The van der Waals surface area contributed by atoms with Gasteiger partial charge < -0.3 is 18.9 Å². The molecule has 9 heteroatoms. The number of benzene rings is 2. The highest BCUT2D eigenvalue weighted by Crippen LogP contribution is 2.33. The zero-order valence-corrected chi connectivity index (χ0v) is 16.7. The molecule has 0 saturated carbocycles. The van der Waals surface area contributed by atoms with Crippen LogP contribution in [0.25, 0.3) is 11.4 Å². The Bertz CT molecular complexity index is 1040. The van der Waals surface area contributed by atoms with Gasteiger partial charge >= 0.3 is 0 Å². The molecule has 3 rings (SSSR count). The monoisotopic (exact) mass is 400 g/mol. The normalized spacial score (nSPS) is 10.9. The minimum Gasteiger partial charge on any atom is -0.497 e. The van der Waals surface area contributed by atoms with Crippen LogP contribution in [-0.2, 0) is 0 Å². The predicted molar refractivity (Wildman–Crippen MR) is 108 cm³/mol. The first kappa shape index (κ1) is 19.4. The summed E-state index contributed by atoms with van der Waals surface area (Å²) in [6.07, 6.45) is 1.62. The van der Waals surface area contributed by atoms with Gasteiger partial charge in [0.1, 0.15) is 11.5 Å². The molecule has 1 N–H and O–H groups in total. The van der Waals surface area contributed by atoms with Gasteiger partial charge in [0, 0.05) is 17.2 Å². The van der Waals surface area contributed by atoms with Crippen LogP contribution in [0.5, 0.6) is 23.0 Å². The maximum absolute atomic E-state index is 5.43. The van der Waals surface area contributed by atoms with Crippen molar-refractivity contribution in [2.24, 2.45) is 5.10 Å². The Morgan fingerprint density at radius 1 is 0.929 bits per heavy atom. The van der Waals surface area contributed by atoms with Gasteiger partial charge in [0.2, 0.25) is 4.77 Å². The molecule has 0 aliphatic rings. The molecule has 0 atom stereocenters. The van der Waals surface area contributed by atoms with Crippen molar-refractivity contribution in [3.63, 3.8) is 0 Å². The van der Waals surface area contributed by atoms with Crippen molar-refractivity contribution in [1.82, 2.24) is 14.9 Å². The van der Waals surface area contributed by atoms with Crippen LogP contribution in [0, 0.1) is 4.77 Å². The Hall–Kier alpha value is -3.33. The third-order valence-electron chi connectivity index (χ3n) is 4.05. The number of ether oxygens (including phenoxy) is 4. The molecule has 0 radical (unpaired) electrons. The Labute approximate surface area is 167 Å². The van der Waals surface area contributed by atoms with Crippen LogP contribution < -0.4 is 18.9 Å². The largest absolute Gasteiger partial charge is 0.497 e. The quantitative estimate of drug-likeness (QED) is 0.483. The second kappa shape index (κ2) is 8.57. The van der Waals surface area contributed by atoms with E-state index in [0.29, 0.717) is 33.4 Å². The number of hydrogen-bond acceptors (Lipinski definition) is 7. The molecule has 3 aromatic rings. The van der Waals surface area contributed by atoms with Gasteiger partial charge in [-0.2, -0.15) is 14.9 Å². The van der Waals surface area contributed by atoms with Crippen molar-refractivity contribution < 1.29 is 18.9 Å². The zero-order valence-electron chi connectivity index (χ0n) is 15.9. The molecular weight excluding hydrogens is 380 g/mol. The molecule has 1 heterocycles. The molecule has 0 amide bonds. The Balaban J connectivity index is 2.01. The average molecular weight is 400 g/mol. The molecule has 0 fully saturated rings. The van der Waals surface area contributed by atoms with Crippen LogP contribution in [-0.4, -0.2) is 49.5 Å². The lowest BCUT2D eigenvalue weighted by molar-refractivity contribution is 0.349. The van der Waals surface area contributed by atoms with E-state index in [0.717, 1.165) is 11.3 Å². The summed E-state index contributed by atoms with van der Waals surface area (Å²) in [7, 11) is 6.33. The fourth-order valence-corrected chi connectivity index (χ4v) is 2.78. The average Bonchev–Trinajstić information content (AvgIpc) is 3.11. The number of nitrogens with one attached hydrogen (secondary N) is 1. The highest BCUT2D eigenvalue weighted by atomic mass is 32.1. The van der Waals surface area contributed by atoms with Gasteiger partial charge in [-0.1, -0.05) is 0 Å². The Morgan fingerprint density at radius 3 is 2.18 bits per heavy atom. The molecule has 0 unspecified atom stereocenters. The summed E-state index contributed by atoms with van der Waals surface area (Å²) in [5.74, 6) is 3.04. The number of hydrogen-bond donors (Lipinski definition) is 1. The van der Waals surface area contributed by atoms with E-state index in [-0.39, 0.29) is 0 Å². The van der Waals surface area contributed by atoms with Gasteiger partial charge in [0.25, 0.3) is 0 Å². The molecule has 0 saturated heterocycles. The van der Waals surface area contributed by atoms with Crippen LogP contribution in [0.3, 0.4) is 0 Å². The SMILES string of the molecule is COc1ccc(-c2n[nH]c(=S)n2/N=C\c2cc(OC)c(OC)cc2OC)cc1. The summed E-state index contributed by atoms with van der Waals surface area (Å²) in [4.78, 5) is 0. The number of aromatic amines is 1. The van der Waals surface area contributed by atoms with Crippen molar-refractivity contribution in [3.8, 4) is 34.4 Å². The van der Waals surface area contributed by atoms with Crippen molar-refractivity contribution in [1.29, 1.82) is 0 Å². The van der Waals surface area contributed by atoms with Crippen LogP contribution in [0.1, 0.15) is 5.56 Å². The third-order valence-corrected chi connectivity index (χ3v) is 4.31. The zero-order chi connectivity index (χ0) is 20.1. The number of aromatic nitrogens is 3. The smallest absolute Gasteiger partial charge is 0.216 e. The fourth-order valence-electron chi connectivity index (χ4n) is 2.60. The molecule has 146 valence electrons. The number of methoxy groups -OCH3 is 4. The van der Waals surface area contributed by atoms with E-state index in [4.69, 9.17) is 31.2 Å². The number of H-pyrrole nitrogens is 1. The molecule has 0 bridgehead atoms. The van der Waals surface area contributed by atoms with Gasteiger partial charge in [0.15, 0.2) is 17.3 Å². The first-order valence-corrected chi connectivity index (χ1v) is 8.68. The Morgan fingerprint density at radius 2 is 1.57 bits per heavy atom. The van der Waals surface area contributed by atoms with Gasteiger partial charge in [-0.25, -0.2) is 5.10 Å². The lowest BCUT2D eigenvalue weighted by atomic mass is 10.2. The lowest BCUT2D eigenvalue weighted by Crippen LogP contribution is -1.99. The van der Waals surface area contributed by atoms with E-state index in [1.165, 1.54) is 4.68 Å². The summed E-state index contributed by atoms with van der Waals surface area (Å²) in [5, 5.41) is 11.5. The second-order valence-electron chi connectivity index (χ2n) is 5.59. The maximum atomic E-state index is 5.43. The van der Waals surface area contributed by atoms with E-state index in [1.54, 1.807) is 46.8 Å². The highest BCUT2D eigenvalue weighted by molar-refractivity contribution is 7.71. The summed E-state index contributed by atoms with van der Waals surface area (Å²) >= 11 is 5.32. The van der Waals surface area contributed by atoms with E-state index < -0.39 is 0 Å². The topological polar surface area (TPSA) is 82.9 Å². The molecule has 1 aromatic heterocycles. The van der Waals surface area contributed by atoms with Gasteiger partial charge in [-0.05, 0) is 42.5 Å². The van der Waals surface area contributed by atoms with Gasteiger partial charge in [-0.15, -0.1) is 0 Å². The summed E-state index contributed by atoms with van der Waals surface area (Å²) in [6.45, 7) is 0. The van der Waals surface area contributed by atoms with Crippen LogP contribution in [0.2, 0.25) is 0 Å². The molecule has 28 heavy (non-hydrogen) atoms. The van der Waals surface area contributed by atoms with Crippen LogP contribution in [0.4, 0.5) is 0 Å². The minimum absolute atomic E-state index is 0.363. The van der Waals surface area contributed by atoms with E-state index in [1.807, 2.05) is 24.3 Å². The first-order valence-electron chi connectivity index (χ1n) is 8.27.